The summed E-state index contributed by atoms with van der Waals surface area (Å²) in [4.78, 5) is 70.1. The summed E-state index contributed by atoms with van der Waals surface area (Å²) in [6.45, 7) is 12.1. The fourth-order valence-corrected chi connectivity index (χ4v) is 12.7. The molecule has 14 rings (SSSR count). The number of ether oxygens (including phenoxy) is 3. The molecule has 3 aliphatic heterocycles. The lowest BCUT2D eigenvalue weighted by Crippen LogP contribution is -2.43. The SMILES string of the molecule is Nc1nccc2cc(CCC(=O)c3cnc(OCCN4CCCCC4)c(Cl)c3)ccc12.Nc1nccc2cc(CNC(=O)c3cnc(Oc4ccc(N5CCNCC5)cc4)c(Cl)c3)ccc12.Nc1nccc2cc(CNC(=O)c3cnc(Oc4cccc(N5CCNCC5)c4)c(Cl)c3)ccc12. The lowest BCUT2D eigenvalue weighted by molar-refractivity contribution is 0.0942. The normalized spacial score (nSPS) is 13.9. The molecular weight excluding hydrogens is 1340 g/mol. The molecule has 0 spiro atoms. The van der Waals surface area contributed by atoms with Crippen LogP contribution in [0.15, 0.2) is 177 Å². The van der Waals surface area contributed by atoms with Gasteiger partial charge < -0.3 is 62.5 Å². The van der Waals surface area contributed by atoms with Crippen LogP contribution in [0.5, 0.6) is 29.1 Å². The first-order chi connectivity index (χ1) is 49.2. The number of nitrogen functional groups attached to an aromatic ring is 3. The minimum absolute atomic E-state index is 0.00334. The van der Waals surface area contributed by atoms with Gasteiger partial charge in [0.15, 0.2) is 5.78 Å². The Balaban J connectivity index is 0.000000144. The number of aryl methyl sites for hydroxylation is 1. The largest absolute Gasteiger partial charge is 0.475 e. The molecule has 3 aliphatic rings. The number of piperazine rings is 2. The van der Waals surface area contributed by atoms with E-state index in [4.69, 9.17) is 66.2 Å². The molecule has 11 aromatic rings. The second-order valence-corrected chi connectivity index (χ2v) is 25.7. The summed E-state index contributed by atoms with van der Waals surface area (Å²) in [7, 11) is 0. The Hall–Kier alpha value is -10.5. The van der Waals surface area contributed by atoms with E-state index in [2.05, 4.69) is 71.9 Å². The van der Waals surface area contributed by atoms with Crippen molar-refractivity contribution in [1.29, 1.82) is 0 Å². The molecule has 0 bridgehead atoms. The lowest BCUT2D eigenvalue weighted by Gasteiger charge is -2.29. The monoisotopic (exact) mass is 1410 g/mol. The van der Waals surface area contributed by atoms with Crippen LogP contribution >= 0.6 is 34.8 Å². The van der Waals surface area contributed by atoms with Crippen molar-refractivity contribution in [2.45, 2.75) is 45.2 Å². The van der Waals surface area contributed by atoms with Crippen LogP contribution < -0.4 is 62.5 Å². The van der Waals surface area contributed by atoms with Crippen molar-refractivity contribution in [1.82, 2.24) is 56.1 Å². The van der Waals surface area contributed by atoms with Crippen molar-refractivity contribution >= 4 is 114 Å². The van der Waals surface area contributed by atoms with Gasteiger partial charge in [0.2, 0.25) is 17.6 Å². The molecule has 0 saturated carbocycles. The van der Waals surface area contributed by atoms with Crippen LogP contribution in [-0.2, 0) is 19.5 Å². The van der Waals surface area contributed by atoms with Crippen LogP contribution in [0.2, 0.25) is 15.1 Å². The van der Waals surface area contributed by atoms with E-state index in [-0.39, 0.29) is 39.4 Å². The maximum absolute atomic E-state index is 12.7. The first kappa shape index (κ1) is 70.4. The molecule has 0 aliphatic carbocycles. The molecule has 3 saturated heterocycles. The van der Waals surface area contributed by atoms with E-state index in [1.165, 1.54) is 31.7 Å². The molecule has 0 atom stereocenters. The molecular formula is C76H77Cl3N16O6. The van der Waals surface area contributed by atoms with Gasteiger partial charge in [-0.05, 0) is 150 Å². The van der Waals surface area contributed by atoms with Gasteiger partial charge in [0.05, 0.1) is 11.1 Å². The second kappa shape index (κ2) is 34.1. The maximum atomic E-state index is 12.7. The lowest BCUT2D eigenvalue weighted by atomic mass is 10.0. The number of amides is 2. The van der Waals surface area contributed by atoms with Crippen LogP contribution in [-0.4, -0.2) is 131 Å². The average molecular weight is 1420 g/mol. The van der Waals surface area contributed by atoms with Crippen molar-refractivity contribution in [2.75, 3.05) is 106 Å². The van der Waals surface area contributed by atoms with Gasteiger partial charge in [-0.3, -0.25) is 19.3 Å². The number of likely N-dealkylation sites (tertiary alicyclic amines) is 1. The number of hydrogen-bond acceptors (Lipinski definition) is 20. The van der Waals surface area contributed by atoms with Crippen molar-refractivity contribution in [3.63, 3.8) is 0 Å². The third-order valence-corrected chi connectivity index (χ3v) is 18.3. The summed E-state index contributed by atoms with van der Waals surface area (Å²) in [5.41, 5.74) is 24.1. The highest BCUT2D eigenvalue weighted by Crippen LogP contribution is 2.33. The Bertz CT molecular complexity index is 4730. The molecule has 25 heteroatoms. The first-order valence-electron chi connectivity index (χ1n) is 33.5. The molecule has 2 amide bonds. The molecule has 5 aromatic carbocycles. The first-order valence-corrected chi connectivity index (χ1v) is 34.6. The van der Waals surface area contributed by atoms with Gasteiger partial charge in [-0.25, -0.2) is 29.9 Å². The molecule has 10 N–H and O–H groups in total. The molecule has 3 fully saturated rings. The number of nitrogens with zero attached hydrogens (tertiary/aromatic N) is 9. The third-order valence-electron chi connectivity index (χ3n) is 17.5. The molecule has 22 nitrogen and oxygen atoms in total. The molecule has 6 aromatic heterocycles. The van der Waals surface area contributed by atoms with Gasteiger partial charge in [0.1, 0.15) is 50.6 Å². The van der Waals surface area contributed by atoms with Gasteiger partial charge in [-0.1, -0.05) is 89.8 Å². The highest BCUT2D eigenvalue weighted by atomic mass is 35.5. The summed E-state index contributed by atoms with van der Waals surface area (Å²) in [5.74, 6) is 3.08. The minimum Gasteiger partial charge on any atom is -0.475 e. The zero-order valence-corrected chi connectivity index (χ0v) is 57.8. The number of Topliss-reactive ketones (excluding diaryl/α,β-unsaturated/α-hetero) is 1. The molecule has 0 unspecified atom stereocenters. The summed E-state index contributed by atoms with van der Waals surface area (Å²) in [6.07, 6.45) is 14.3. The Morgan fingerprint density at radius 2 is 0.931 bits per heavy atom. The second-order valence-electron chi connectivity index (χ2n) is 24.5. The van der Waals surface area contributed by atoms with Gasteiger partial charge in [-0.2, -0.15) is 0 Å². The Morgan fingerprint density at radius 3 is 1.46 bits per heavy atom. The van der Waals surface area contributed by atoms with E-state index in [0.717, 1.165) is 132 Å². The number of nitrogens with two attached hydrogens (primary N) is 3. The number of anilines is 5. The number of carbonyl (C=O) groups excluding carboxylic acids is 3. The predicted molar refractivity (Wildman–Crippen MR) is 400 cm³/mol. The zero-order chi connectivity index (χ0) is 70.0. The van der Waals surface area contributed by atoms with E-state index in [9.17, 15) is 14.4 Å². The van der Waals surface area contributed by atoms with Crippen molar-refractivity contribution in [3.05, 3.63) is 225 Å². The van der Waals surface area contributed by atoms with Crippen molar-refractivity contribution in [3.8, 4) is 29.1 Å². The quantitative estimate of drug-likeness (QED) is 0.0349. The topological polar surface area (TPSA) is 292 Å². The average Bonchev–Trinajstić information content (AvgIpc) is 0.846. The summed E-state index contributed by atoms with van der Waals surface area (Å²) in [6, 6.07) is 43.7. The summed E-state index contributed by atoms with van der Waals surface area (Å²) in [5, 5.41) is 19.0. The van der Waals surface area contributed by atoms with E-state index in [0.29, 0.717) is 89.1 Å². The van der Waals surface area contributed by atoms with E-state index in [1.807, 2.05) is 115 Å². The highest BCUT2D eigenvalue weighted by molar-refractivity contribution is 6.33. The van der Waals surface area contributed by atoms with Crippen LogP contribution in [0.4, 0.5) is 28.8 Å². The van der Waals surface area contributed by atoms with Gasteiger partial charge in [0.25, 0.3) is 11.8 Å². The smallest absolute Gasteiger partial charge is 0.253 e. The van der Waals surface area contributed by atoms with Crippen LogP contribution in [0, 0.1) is 0 Å². The van der Waals surface area contributed by atoms with Crippen LogP contribution in [0.1, 0.15) is 73.4 Å². The van der Waals surface area contributed by atoms with E-state index >= 15 is 0 Å². The predicted octanol–water partition coefficient (Wildman–Crippen LogP) is 12.5. The van der Waals surface area contributed by atoms with Gasteiger partial charge in [-0.15, -0.1) is 0 Å². The highest BCUT2D eigenvalue weighted by Gasteiger charge is 2.19. The summed E-state index contributed by atoms with van der Waals surface area (Å²) < 4.78 is 17.5. The molecule has 0 radical (unpaired) electrons. The Morgan fingerprint density at radius 1 is 0.465 bits per heavy atom. The number of ketones is 1. The van der Waals surface area contributed by atoms with E-state index < -0.39 is 0 Å². The Labute approximate surface area is 599 Å². The fraction of sp³-hybridized carbons (Fsp3) is 0.250. The third kappa shape index (κ3) is 18.9. The number of benzene rings is 5. The molecule has 9 heterocycles. The van der Waals surface area contributed by atoms with Crippen LogP contribution in [0.3, 0.4) is 0 Å². The van der Waals surface area contributed by atoms with Gasteiger partial charge >= 0.3 is 0 Å². The van der Waals surface area contributed by atoms with E-state index in [1.54, 1.807) is 43.0 Å². The van der Waals surface area contributed by atoms with Crippen LogP contribution in [0.25, 0.3) is 32.3 Å². The molecule has 101 heavy (non-hydrogen) atoms. The number of hydrogen-bond donors (Lipinski definition) is 7. The number of aromatic nitrogens is 6. The number of fused-ring (bicyclic) bond motifs is 3. The van der Waals surface area contributed by atoms with Gasteiger partial charge in [0, 0.05) is 155 Å². The van der Waals surface area contributed by atoms with Crippen molar-refractivity contribution in [2.24, 2.45) is 0 Å². The Kier molecular flexibility index (Phi) is 23.7. The number of rotatable bonds is 20. The van der Waals surface area contributed by atoms with Crippen molar-refractivity contribution < 1.29 is 28.6 Å². The number of halogens is 3. The maximum Gasteiger partial charge on any atom is 0.253 e. The number of carbonyl (C=O) groups is 3. The summed E-state index contributed by atoms with van der Waals surface area (Å²) >= 11 is 19.1. The number of piperidine rings is 1. The molecule has 518 valence electrons. The zero-order valence-electron chi connectivity index (χ0n) is 55.5. The number of nitrogens with one attached hydrogen (secondary N) is 4. The standard InChI is InChI=1S/2C26H25ClN6O2.C24H27ClN4O2/c27-23-14-19(25(34)31-15-17-1-6-22-18(13-17)7-8-30-24(22)28)16-32-26(23)35-21-4-2-20(3-5-21)33-11-9-29-10-12-33;27-23-13-19(25(34)31-15-17-4-5-22-18(12-17)6-7-30-24(22)28)16-32-26(23)35-21-3-1-2-20(14-21)33-10-8-29-9-11-33;25-21-15-19(16-28-24(21)31-13-12-29-10-2-1-3-11-29)22(30)7-5-17-4-6-20-18(14-17)8-9-27-23(20)26/h1-8,13-14,16,29H,9-12,15H2,(H2,28,30)(H,31,34);1-7,12-14,16,29H,8-11,15H2,(H2,28,30)(H,31,34);4,6,8-9,14-16H,1-3,5,7,10-13H2,(H2,26,27). The minimum atomic E-state index is -0.277. The number of pyridine rings is 6. The fourth-order valence-electron chi connectivity index (χ4n) is 12.0.